The monoisotopic (exact) mass is 287 g/mol. The van der Waals surface area contributed by atoms with Crippen LogP contribution >= 0.6 is 0 Å². The van der Waals surface area contributed by atoms with Gasteiger partial charge in [0.15, 0.2) is 0 Å². The number of amides is 1. The molecule has 0 aliphatic carbocycles. The fraction of sp³-hybridized carbons (Fsp3) is 0.529. The second-order valence-electron chi connectivity index (χ2n) is 5.22. The number of nitriles is 1. The lowest BCUT2D eigenvalue weighted by atomic mass is 10.1. The van der Waals surface area contributed by atoms with Crippen LogP contribution in [0.25, 0.3) is 0 Å². The Kier molecular flexibility index (Phi) is 8.15. The Hall–Kier alpha value is -1.86. The molecule has 1 aromatic rings. The van der Waals surface area contributed by atoms with Gasteiger partial charge in [-0.25, -0.2) is 0 Å². The summed E-state index contributed by atoms with van der Waals surface area (Å²) in [6.45, 7) is 4.16. The Labute approximate surface area is 127 Å². The highest BCUT2D eigenvalue weighted by Gasteiger charge is 2.12. The van der Waals surface area contributed by atoms with E-state index >= 15 is 0 Å². The molecule has 0 saturated heterocycles. The Balaban J connectivity index is 2.55. The van der Waals surface area contributed by atoms with Crippen LogP contribution in [0.5, 0.6) is 0 Å². The van der Waals surface area contributed by atoms with Crippen LogP contribution in [0, 0.1) is 11.3 Å². The summed E-state index contributed by atoms with van der Waals surface area (Å²) >= 11 is 0. The minimum Gasteiger partial charge on any atom is -0.338 e. The van der Waals surface area contributed by atoms with E-state index in [-0.39, 0.29) is 5.91 Å². The van der Waals surface area contributed by atoms with Crippen LogP contribution in [0.1, 0.15) is 50.2 Å². The standard InChI is InChI=1S/C17H25N3O/c1-2-12-20(17(21)6-4-3-5-11-18)14-16-9-7-15(13-19)8-10-16/h7-10H,2-6,11-12,14,18H2,1H3. The SMILES string of the molecule is CCCN(Cc1ccc(C#N)cc1)C(=O)CCCCCN. The molecule has 0 aliphatic heterocycles. The van der Waals surface area contributed by atoms with E-state index in [2.05, 4.69) is 13.0 Å². The van der Waals surface area contributed by atoms with Crippen molar-refractivity contribution in [3.05, 3.63) is 35.4 Å². The molecular weight excluding hydrogens is 262 g/mol. The van der Waals surface area contributed by atoms with Crippen LogP contribution < -0.4 is 5.73 Å². The van der Waals surface area contributed by atoms with E-state index in [1.165, 1.54) is 0 Å². The van der Waals surface area contributed by atoms with Crippen LogP contribution in [-0.4, -0.2) is 23.9 Å². The summed E-state index contributed by atoms with van der Waals surface area (Å²) in [6, 6.07) is 9.54. The summed E-state index contributed by atoms with van der Waals surface area (Å²) in [5.41, 5.74) is 7.17. The first-order chi connectivity index (χ1) is 10.2. The van der Waals surface area contributed by atoms with E-state index < -0.39 is 0 Å². The second kappa shape index (κ2) is 9.95. The van der Waals surface area contributed by atoms with Gasteiger partial charge >= 0.3 is 0 Å². The summed E-state index contributed by atoms with van der Waals surface area (Å²) in [6.07, 6.45) is 4.44. The summed E-state index contributed by atoms with van der Waals surface area (Å²) in [5, 5.41) is 8.80. The first kappa shape index (κ1) is 17.2. The normalized spacial score (nSPS) is 10.1. The molecule has 4 heteroatoms. The zero-order chi connectivity index (χ0) is 15.5. The third-order valence-electron chi connectivity index (χ3n) is 3.40. The maximum absolute atomic E-state index is 12.3. The van der Waals surface area contributed by atoms with Gasteiger partial charge in [0, 0.05) is 19.5 Å². The molecule has 0 aromatic heterocycles. The Bertz CT molecular complexity index is 462. The molecular formula is C17H25N3O. The van der Waals surface area contributed by atoms with Crippen molar-refractivity contribution in [3.63, 3.8) is 0 Å². The maximum atomic E-state index is 12.3. The molecule has 1 amide bonds. The van der Waals surface area contributed by atoms with Crippen LogP contribution in [0.15, 0.2) is 24.3 Å². The molecule has 1 rings (SSSR count). The number of unbranched alkanes of at least 4 members (excludes halogenated alkanes) is 2. The highest BCUT2D eigenvalue weighted by Crippen LogP contribution is 2.10. The van der Waals surface area contributed by atoms with Gasteiger partial charge < -0.3 is 10.6 Å². The van der Waals surface area contributed by atoms with Crippen LogP contribution in [0.3, 0.4) is 0 Å². The second-order valence-corrected chi connectivity index (χ2v) is 5.22. The van der Waals surface area contributed by atoms with Gasteiger partial charge in [0.2, 0.25) is 5.91 Å². The lowest BCUT2D eigenvalue weighted by Crippen LogP contribution is -2.31. The van der Waals surface area contributed by atoms with E-state index in [0.717, 1.165) is 37.8 Å². The van der Waals surface area contributed by atoms with Gasteiger partial charge in [-0.05, 0) is 43.5 Å². The lowest BCUT2D eigenvalue weighted by molar-refractivity contribution is -0.132. The first-order valence-electron chi connectivity index (χ1n) is 7.68. The van der Waals surface area contributed by atoms with Gasteiger partial charge in [0.05, 0.1) is 11.6 Å². The summed E-state index contributed by atoms with van der Waals surface area (Å²) in [4.78, 5) is 14.2. The molecule has 1 aromatic carbocycles. The number of nitrogens with two attached hydrogens (primary N) is 1. The number of benzene rings is 1. The molecule has 0 heterocycles. The van der Waals surface area contributed by atoms with Gasteiger partial charge in [-0.2, -0.15) is 5.26 Å². The number of rotatable bonds is 9. The molecule has 0 unspecified atom stereocenters. The van der Waals surface area contributed by atoms with Crippen molar-refractivity contribution in [2.45, 2.75) is 45.6 Å². The van der Waals surface area contributed by atoms with Gasteiger partial charge in [-0.3, -0.25) is 4.79 Å². The van der Waals surface area contributed by atoms with E-state index in [1.807, 2.05) is 17.0 Å². The van der Waals surface area contributed by atoms with Gasteiger partial charge in [0.25, 0.3) is 0 Å². The summed E-state index contributed by atoms with van der Waals surface area (Å²) in [7, 11) is 0. The predicted octanol–water partition coefficient (Wildman–Crippen LogP) is 2.82. The van der Waals surface area contributed by atoms with E-state index in [0.29, 0.717) is 25.1 Å². The van der Waals surface area contributed by atoms with E-state index in [4.69, 9.17) is 11.0 Å². The smallest absolute Gasteiger partial charge is 0.222 e. The minimum atomic E-state index is 0.207. The zero-order valence-electron chi connectivity index (χ0n) is 12.8. The van der Waals surface area contributed by atoms with Gasteiger partial charge in [-0.1, -0.05) is 25.5 Å². The third kappa shape index (κ3) is 6.42. The number of carbonyl (C=O) groups excluding carboxylic acids is 1. The van der Waals surface area contributed by atoms with Crippen molar-refractivity contribution in [3.8, 4) is 6.07 Å². The fourth-order valence-corrected chi connectivity index (χ4v) is 2.22. The maximum Gasteiger partial charge on any atom is 0.222 e. The molecule has 0 aliphatic rings. The molecule has 0 fully saturated rings. The Morgan fingerprint density at radius 3 is 2.52 bits per heavy atom. The number of hydrogen-bond acceptors (Lipinski definition) is 3. The molecule has 0 spiro atoms. The van der Waals surface area contributed by atoms with Crippen molar-refractivity contribution in [2.75, 3.05) is 13.1 Å². The zero-order valence-corrected chi connectivity index (χ0v) is 12.8. The van der Waals surface area contributed by atoms with Crippen LogP contribution in [0.4, 0.5) is 0 Å². The van der Waals surface area contributed by atoms with Gasteiger partial charge in [0.1, 0.15) is 0 Å². The third-order valence-corrected chi connectivity index (χ3v) is 3.40. The highest BCUT2D eigenvalue weighted by atomic mass is 16.2. The topological polar surface area (TPSA) is 70.1 Å². The fourth-order valence-electron chi connectivity index (χ4n) is 2.22. The van der Waals surface area contributed by atoms with Crippen molar-refractivity contribution >= 4 is 5.91 Å². The van der Waals surface area contributed by atoms with Crippen LogP contribution in [-0.2, 0) is 11.3 Å². The lowest BCUT2D eigenvalue weighted by Gasteiger charge is -2.22. The average Bonchev–Trinajstić information content (AvgIpc) is 2.51. The average molecular weight is 287 g/mol. The Morgan fingerprint density at radius 1 is 1.24 bits per heavy atom. The molecule has 0 saturated carbocycles. The first-order valence-corrected chi connectivity index (χ1v) is 7.68. The highest BCUT2D eigenvalue weighted by molar-refractivity contribution is 5.76. The summed E-state index contributed by atoms with van der Waals surface area (Å²) < 4.78 is 0. The number of hydrogen-bond donors (Lipinski definition) is 1. The van der Waals surface area contributed by atoms with Crippen molar-refractivity contribution in [2.24, 2.45) is 5.73 Å². The number of carbonyl (C=O) groups is 1. The predicted molar refractivity (Wildman–Crippen MR) is 84.4 cm³/mol. The molecule has 0 atom stereocenters. The molecule has 21 heavy (non-hydrogen) atoms. The molecule has 0 radical (unpaired) electrons. The number of nitrogens with zero attached hydrogens (tertiary/aromatic N) is 2. The van der Waals surface area contributed by atoms with Crippen molar-refractivity contribution < 1.29 is 4.79 Å². The molecule has 4 nitrogen and oxygen atoms in total. The minimum absolute atomic E-state index is 0.207. The largest absolute Gasteiger partial charge is 0.338 e. The molecule has 0 bridgehead atoms. The summed E-state index contributed by atoms with van der Waals surface area (Å²) in [5.74, 6) is 0.207. The molecule has 2 N–H and O–H groups in total. The van der Waals surface area contributed by atoms with Crippen molar-refractivity contribution in [1.29, 1.82) is 5.26 Å². The van der Waals surface area contributed by atoms with E-state index in [9.17, 15) is 4.79 Å². The Morgan fingerprint density at radius 2 is 1.95 bits per heavy atom. The quantitative estimate of drug-likeness (QED) is 0.710. The van der Waals surface area contributed by atoms with Gasteiger partial charge in [-0.15, -0.1) is 0 Å². The molecule has 114 valence electrons. The van der Waals surface area contributed by atoms with E-state index in [1.54, 1.807) is 12.1 Å². The van der Waals surface area contributed by atoms with Crippen LogP contribution in [0.2, 0.25) is 0 Å². The van der Waals surface area contributed by atoms with Crippen molar-refractivity contribution in [1.82, 2.24) is 4.90 Å².